The third-order valence-corrected chi connectivity index (χ3v) is 2.45. The Hall–Kier alpha value is -0.240. The molecule has 1 unspecified atom stereocenters. The molecule has 1 aliphatic rings. The molecule has 1 saturated heterocycles. The third-order valence-electron chi connectivity index (χ3n) is 2.45. The summed E-state index contributed by atoms with van der Waals surface area (Å²) in [4.78, 5) is 0. The number of nitrogens with one attached hydrogen (secondary N) is 1. The predicted octanol–water partition coefficient (Wildman–Crippen LogP) is -2.34. The molecule has 0 spiro atoms. The summed E-state index contributed by atoms with van der Waals surface area (Å²) in [6, 6.07) is -0.502. The van der Waals surface area contributed by atoms with E-state index in [-0.39, 0.29) is 6.61 Å². The summed E-state index contributed by atoms with van der Waals surface area (Å²) in [6.07, 6.45) is -3.60. The van der Waals surface area contributed by atoms with Gasteiger partial charge in [-0.15, -0.1) is 0 Å². The van der Waals surface area contributed by atoms with Crippen molar-refractivity contribution in [3.63, 3.8) is 0 Å². The zero-order valence-corrected chi connectivity index (χ0v) is 8.25. The number of likely N-dealkylation sites (N-methyl/N-ethyl adjacent to an activating group) is 1. The molecule has 6 heteroatoms. The van der Waals surface area contributed by atoms with Crippen molar-refractivity contribution in [1.82, 2.24) is 5.32 Å². The van der Waals surface area contributed by atoms with Crippen LogP contribution in [0.5, 0.6) is 0 Å². The Morgan fingerprint density at radius 1 is 1.36 bits per heavy atom. The maximum absolute atomic E-state index is 9.66. The first-order chi connectivity index (χ1) is 6.65. The molecule has 0 radical (unpaired) electrons. The van der Waals surface area contributed by atoms with Crippen LogP contribution >= 0.6 is 0 Å². The van der Waals surface area contributed by atoms with Gasteiger partial charge in [0, 0.05) is 7.11 Å². The third kappa shape index (κ3) is 2.05. The largest absolute Gasteiger partial charge is 0.394 e. The summed E-state index contributed by atoms with van der Waals surface area (Å²) in [5.41, 5.74) is 0. The van der Waals surface area contributed by atoms with Gasteiger partial charge in [-0.25, -0.2) is 0 Å². The van der Waals surface area contributed by atoms with E-state index in [1.807, 2.05) is 0 Å². The van der Waals surface area contributed by atoms with E-state index in [2.05, 4.69) is 5.32 Å². The maximum atomic E-state index is 9.66. The molecule has 0 bridgehead atoms. The summed E-state index contributed by atoms with van der Waals surface area (Å²) in [7, 11) is 3.07. The first kappa shape index (κ1) is 11.8. The fourth-order valence-electron chi connectivity index (χ4n) is 1.59. The Kier molecular flexibility index (Phi) is 4.24. The minimum absolute atomic E-state index is 0.353. The summed E-state index contributed by atoms with van der Waals surface area (Å²) < 4.78 is 10.2. The second-order valence-corrected chi connectivity index (χ2v) is 3.26. The number of rotatable bonds is 3. The number of aliphatic hydroxyl groups excluding tert-OH is 3. The predicted molar refractivity (Wildman–Crippen MR) is 47.6 cm³/mol. The quantitative estimate of drug-likeness (QED) is 0.414. The van der Waals surface area contributed by atoms with Crippen molar-refractivity contribution in [2.45, 2.75) is 30.6 Å². The lowest BCUT2D eigenvalue weighted by molar-refractivity contribution is -0.262. The number of ether oxygens (including phenoxy) is 2. The fourth-order valence-corrected chi connectivity index (χ4v) is 1.59. The van der Waals surface area contributed by atoms with Gasteiger partial charge >= 0.3 is 0 Å². The highest BCUT2D eigenvalue weighted by Crippen LogP contribution is 2.21. The van der Waals surface area contributed by atoms with Crippen LogP contribution in [-0.2, 0) is 9.47 Å². The van der Waals surface area contributed by atoms with Gasteiger partial charge in [0.05, 0.1) is 12.6 Å². The molecule has 0 aromatic rings. The molecule has 0 saturated carbocycles. The average molecular weight is 207 g/mol. The average Bonchev–Trinajstić information content (AvgIpc) is 2.21. The smallest absolute Gasteiger partial charge is 0.175 e. The Balaban J connectivity index is 2.71. The second-order valence-electron chi connectivity index (χ2n) is 3.26. The lowest BCUT2D eigenvalue weighted by atomic mass is 9.97. The van der Waals surface area contributed by atoms with Crippen LogP contribution in [0.4, 0.5) is 0 Å². The van der Waals surface area contributed by atoms with E-state index >= 15 is 0 Å². The lowest BCUT2D eigenvalue weighted by Crippen LogP contribution is -2.63. The summed E-state index contributed by atoms with van der Waals surface area (Å²) >= 11 is 0. The van der Waals surface area contributed by atoms with Crippen molar-refractivity contribution >= 4 is 0 Å². The maximum Gasteiger partial charge on any atom is 0.175 e. The highest BCUT2D eigenvalue weighted by atomic mass is 16.7. The number of aliphatic hydroxyl groups is 3. The van der Waals surface area contributed by atoms with Gasteiger partial charge in [-0.3, -0.25) is 0 Å². The highest BCUT2D eigenvalue weighted by molar-refractivity contribution is 4.92. The van der Waals surface area contributed by atoms with Gasteiger partial charge in [-0.1, -0.05) is 0 Å². The molecule has 0 aliphatic carbocycles. The molecule has 0 amide bonds. The molecule has 1 rings (SSSR count). The van der Waals surface area contributed by atoms with Gasteiger partial charge in [-0.2, -0.15) is 0 Å². The molecular formula is C8H17NO5. The van der Waals surface area contributed by atoms with Crippen LogP contribution in [0.25, 0.3) is 0 Å². The lowest BCUT2D eigenvalue weighted by Gasteiger charge is -2.41. The summed E-state index contributed by atoms with van der Waals surface area (Å²) in [5, 5.41) is 30.8. The number of hydrogen-bond acceptors (Lipinski definition) is 6. The van der Waals surface area contributed by atoms with Crippen molar-refractivity contribution in [1.29, 1.82) is 0 Å². The van der Waals surface area contributed by atoms with Gasteiger partial charge in [-0.05, 0) is 7.05 Å². The highest BCUT2D eigenvalue weighted by Gasteiger charge is 2.43. The van der Waals surface area contributed by atoms with Gasteiger partial charge in [0.25, 0.3) is 0 Å². The summed E-state index contributed by atoms with van der Waals surface area (Å²) in [5.74, 6) is 0. The van der Waals surface area contributed by atoms with E-state index in [9.17, 15) is 10.2 Å². The normalized spacial score (nSPS) is 43.9. The molecule has 1 aliphatic heterocycles. The SMILES string of the molecule is CNC1[C@H](OC)O[C@H](CO)[C@@H](O)[C@@H]1O. The van der Waals surface area contributed by atoms with Crippen LogP contribution in [-0.4, -0.2) is 66.7 Å². The monoisotopic (exact) mass is 207 g/mol. The van der Waals surface area contributed by atoms with E-state index in [0.29, 0.717) is 0 Å². The molecule has 0 aromatic heterocycles. The van der Waals surface area contributed by atoms with Crippen molar-refractivity contribution < 1.29 is 24.8 Å². The van der Waals surface area contributed by atoms with Gasteiger partial charge in [0.1, 0.15) is 18.3 Å². The molecule has 5 atom stereocenters. The minimum Gasteiger partial charge on any atom is -0.394 e. The van der Waals surface area contributed by atoms with Gasteiger partial charge < -0.3 is 30.1 Å². The Morgan fingerprint density at radius 3 is 2.43 bits per heavy atom. The standard InChI is InChI=1S/C8H17NO5/c1-9-5-7(12)6(11)4(3-10)14-8(5)13-2/h4-12H,3H2,1-2H3/t4-,5?,6-,7-,8-/m1/s1. The van der Waals surface area contributed by atoms with Crippen LogP contribution in [0.2, 0.25) is 0 Å². The van der Waals surface area contributed by atoms with Crippen LogP contribution in [0.15, 0.2) is 0 Å². The van der Waals surface area contributed by atoms with Crippen molar-refractivity contribution in [3.05, 3.63) is 0 Å². The molecule has 84 valence electrons. The fraction of sp³-hybridized carbons (Fsp3) is 1.00. The zero-order valence-electron chi connectivity index (χ0n) is 8.25. The number of hydrogen-bond donors (Lipinski definition) is 4. The molecule has 6 nitrogen and oxygen atoms in total. The number of methoxy groups -OCH3 is 1. The molecule has 0 aromatic carbocycles. The molecule has 14 heavy (non-hydrogen) atoms. The van der Waals surface area contributed by atoms with Gasteiger partial charge in [0.15, 0.2) is 6.29 Å². The Labute approximate surface area is 82.4 Å². The van der Waals surface area contributed by atoms with Crippen LogP contribution in [0.1, 0.15) is 0 Å². The second kappa shape index (κ2) is 5.01. The minimum atomic E-state index is -1.11. The van der Waals surface area contributed by atoms with Crippen molar-refractivity contribution in [2.75, 3.05) is 20.8 Å². The molecular weight excluding hydrogens is 190 g/mol. The topological polar surface area (TPSA) is 91.2 Å². The van der Waals surface area contributed by atoms with E-state index in [4.69, 9.17) is 14.6 Å². The van der Waals surface area contributed by atoms with Crippen LogP contribution < -0.4 is 5.32 Å². The first-order valence-electron chi connectivity index (χ1n) is 4.48. The first-order valence-corrected chi connectivity index (χ1v) is 4.48. The van der Waals surface area contributed by atoms with Crippen LogP contribution in [0, 0.1) is 0 Å². The Bertz CT molecular complexity index is 177. The Morgan fingerprint density at radius 2 is 2.00 bits per heavy atom. The van der Waals surface area contributed by atoms with Crippen molar-refractivity contribution in [3.8, 4) is 0 Å². The van der Waals surface area contributed by atoms with E-state index < -0.39 is 30.6 Å². The molecule has 1 fully saturated rings. The van der Waals surface area contributed by atoms with Gasteiger partial charge in [0.2, 0.25) is 0 Å². The molecule has 4 N–H and O–H groups in total. The summed E-state index contributed by atoms with van der Waals surface area (Å²) in [6.45, 7) is -0.353. The zero-order chi connectivity index (χ0) is 10.7. The molecule has 1 heterocycles. The van der Waals surface area contributed by atoms with Crippen molar-refractivity contribution in [2.24, 2.45) is 0 Å². The van der Waals surface area contributed by atoms with E-state index in [1.165, 1.54) is 7.11 Å². The van der Waals surface area contributed by atoms with Crippen LogP contribution in [0.3, 0.4) is 0 Å². The van der Waals surface area contributed by atoms with E-state index in [1.54, 1.807) is 7.05 Å². The van der Waals surface area contributed by atoms with E-state index in [0.717, 1.165) is 0 Å².